The van der Waals surface area contributed by atoms with Gasteiger partial charge in [-0.2, -0.15) is 12.6 Å². The Bertz CT molecular complexity index is 416. The number of sulfonamides is 1. The molecule has 1 rings (SSSR count). The smallest absolute Gasteiger partial charge is 0.208 e. The van der Waals surface area contributed by atoms with Crippen molar-refractivity contribution in [3.8, 4) is 0 Å². The fourth-order valence-electron chi connectivity index (χ4n) is 0.984. The summed E-state index contributed by atoms with van der Waals surface area (Å²) in [7, 11) is -3.39. The lowest BCUT2D eigenvalue weighted by Gasteiger charge is -2.11. The van der Waals surface area contributed by atoms with Gasteiger partial charge in [-0.3, -0.25) is 0 Å². The van der Waals surface area contributed by atoms with Gasteiger partial charge < -0.3 is 0 Å². The highest BCUT2D eigenvalue weighted by Crippen LogP contribution is 2.12. The van der Waals surface area contributed by atoms with Gasteiger partial charge in [0.25, 0.3) is 0 Å². The maximum atomic E-state index is 11.8. The maximum Gasteiger partial charge on any atom is 0.240 e. The van der Waals surface area contributed by atoms with Gasteiger partial charge in [0.2, 0.25) is 10.0 Å². The topological polar surface area (TPSA) is 46.2 Å². The van der Waals surface area contributed by atoms with Crippen LogP contribution in [0.15, 0.2) is 29.2 Å². The van der Waals surface area contributed by atoms with E-state index in [2.05, 4.69) is 39.9 Å². The molecular formula is C9H12INO2S2. The molecule has 0 bridgehead atoms. The summed E-state index contributed by atoms with van der Waals surface area (Å²) in [6.07, 6.45) is 0. The molecule has 1 unspecified atom stereocenters. The number of rotatable bonds is 4. The quantitative estimate of drug-likeness (QED) is 0.639. The van der Waals surface area contributed by atoms with Crippen LogP contribution in [0.1, 0.15) is 6.92 Å². The Morgan fingerprint density at radius 1 is 1.40 bits per heavy atom. The van der Waals surface area contributed by atoms with E-state index in [9.17, 15) is 8.42 Å². The first-order valence-electron chi connectivity index (χ1n) is 4.34. The van der Waals surface area contributed by atoms with Crippen LogP contribution in [0.4, 0.5) is 0 Å². The summed E-state index contributed by atoms with van der Waals surface area (Å²) < 4.78 is 27.1. The van der Waals surface area contributed by atoms with Gasteiger partial charge in [0, 0.05) is 15.4 Å². The van der Waals surface area contributed by atoms with E-state index in [0.717, 1.165) is 3.57 Å². The van der Waals surface area contributed by atoms with Crippen LogP contribution >= 0.6 is 35.2 Å². The third-order valence-electron chi connectivity index (χ3n) is 1.75. The molecule has 1 atom stereocenters. The number of benzene rings is 1. The van der Waals surface area contributed by atoms with Crippen LogP contribution in [0.5, 0.6) is 0 Å². The Labute approximate surface area is 109 Å². The first kappa shape index (κ1) is 13.3. The van der Waals surface area contributed by atoms with Crippen LogP contribution in [0.2, 0.25) is 0 Å². The molecule has 0 aliphatic carbocycles. The second kappa shape index (κ2) is 5.51. The summed E-state index contributed by atoms with van der Waals surface area (Å²) in [5, 5.41) is 0. The minimum atomic E-state index is -3.39. The van der Waals surface area contributed by atoms with E-state index in [0.29, 0.717) is 5.75 Å². The highest BCUT2D eigenvalue weighted by atomic mass is 127. The average Bonchev–Trinajstić information content (AvgIpc) is 2.17. The van der Waals surface area contributed by atoms with Crippen molar-refractivity contribution in [1.29, 1.82) is 0 Å². The molecule has 0 radical (unpaired) electrons. The molecule has 0 heterocycles. The molecule has 84 valence electrons. The van der Waals surface area contributed by atoms with Gasteiger partial charge >= 0.3 is 0 Å². The van der Waals surface area contributed by atoms with Crippen molar-refractivity contribution < 1.29 is 8.42 Å². The summed E-state index contributed by atoms with van der Waals surface area (Å²) in [4.78, 5) is 0.288. The molecule has 0 amide bonds. The minimum Gasteiger partial charge on any atom is -0.208 e. The molecule has 0 aliphatic heterocycles. The van der Waals surface area contributed by atoms with Gasteiger partial charge in [0.05, 0.1) is 4.90 Å². The molecule has 1 aromatic carbocycles. The predicted molar refractivity (Wildman–Crippen MR) is 72.8 cm³/mol. The maximum absolute atomic E-state index is 11.8. The van der Waals surface area contributed by atoms with Crippen molar-refractivity contribution in [2.45, 2.75) is 17.9 Å². The second-order valence-corrected chi connectivity index (χ2v) is 6.48. The van der Waals surface area contributed by atoms with Crippen molar-refractivity contribution >= 4 is 45.2 Å². The molecule has 15 heavy (non-hydrogen) atoms. The van der Waals surface area contributed by atoms with Gasteiger partial charge in [0.15, 0.2) is 0 Å². The third-order valence-corrected chi connectivity index (χ3v) is 4.63. The number of hydrogen-bond donors (Lipinski definition) is 2. The zero-order valence-electron chi connectivity index (χ0n) is 8.14. The molecule has 0 spiro atoms. The molecule has 0 aromatic heterocycles. The van der Waals surface area contributed by atoms with Crippen molar-refractivity contribution in [2.24, 2.45) is 0 Å². The summed E-state index contributed by atoms with van der Waals surface area (Å²) in [5.41, 5.74) is 0. The van der Waals surface area contributed by atoms with Crippen molar-refractivity contribution in [2.75, 3.05) is 5.75 Å². The summed E-state index contributed by atoms with van der Waals surface area (Å²) >= 11 is 6.16. The molecular weight excluding hydrogens is 345 g/mol. The Kier molecular flexibility index (Phi) is 4.88. The number of nitrogens with one attached hydrogen (secondary N) is 1. The lowest BCUT2D eigenvalue weighted by molar-refractivity contribution is 0.571. The molecule has 0 saturated carbocycles. The molecule has 6 heteroatoms. The number of halogens is 1. The van der Waals surface area contributed by atoms with E-state index in [1.54, 1.807) is 31.2 Å². The standard InChI is InChI=1S/C9H12INO2S2/c1-7(6-14)11-15(12,13)9-4-2-8(10)3-5-9/h2-5,7,11,14H,6H2,1H3. The molecule has 3 nitrogen and oxygen atoms in total. The second-order valence-electron chi connectivity index (χ2n) is 3.16. The van der Waals surface area contributed by atoms with Crippen molar-refractivity contribution in [3.63, 3.8) is 0 Å². The first-order chi connectivity index (χ1) is 6.95. The lowest BCUT2D eigenvalue weighted by atomic mass is 10.4. The summed E-state index contributed by atoms with van der Waals surface area (Å²) in [6.45, 7) is 1.78. The Hall–Kier alpha value is 0.210. The monoisotopic (exact) mass is 357 g/mol. The van der Waals surface area contributed by atoms with Gasteiger partial charge in [-0.05, 0) is 53.8 Å². The van der Waals surface area contributed by atoms with Gasteiger partial charge in [0.1, 0.15) is 0 Å². The largest absolute Gasteiger partial charge is 0.240 e. The summed E-state index contributed by atoms with van der Waals surface area (Å²) in [6, 6.07) is 6.55. The summed E-state index contributed by atoms with van der Waals surface area (Å²) in [5.74, 6) is 0.476. The zero-order chi connectivity index (χ0) is 11.5. The van der Waals surface area contributed by atoms with Crippen LogP contribution in [-0.2, 0) is 10.0 Å². The van der Waals surface area contributed by atoms with Crippen LogP contribution in [0, 0.1) is 3.57 Å². The molecule has 0 fully saturated rings. The fourth-order valence-corrected chi connectivity index (χ4v) is 2.80. The molecule has 0 saturated heterocycles. The van der Waals surface area contributed by atoms with Crippen LogP contribution in [0.25, 0.3) is 0 Å². The van der Waals surface area contributed by atoms with Crippen molar-refractivity contribution in [1.82, 2.24) is 4.72 Å². The van der Waals surface area contributed by atoms with Crippen LogP contribution < -0.4 is 4.72 Å². The average molecular weight is 357 g/mol. The highest BCUT2D eigenvalue weighted by Gasteiger charge is 2.15. The zero-order valence-corrected chi connectivity index (χ0v) is 12.0. The van der Waals surface area contributed by atoms with Gasteiger partial charge in [-0.1, -0.05) is 0 Å². The number of thiol groups is 1. The molecule has 0 aliphatic rings. The van der Waals surface area contributed by atoms with E-state index in [4.69, 9.17) is 0 Å². The number of hydrogen-bond acceptors (Lipinski definition) is 3. The van der Waals surface area contributed by atoms with E-state index >= 15 is 0 Å². The van der Waals surface area contributed by atoms with Gasteiger partial charge in [-0.25, -0.2) is 13.1 Å². The minimum absolute atomic E-state index is 0.169. The van der Waals surface area contributed by atoms with Crippen LogP contribution in [0.3, 0.4) is 0 Å². The van der Waals surface area contributed by atoms with E-state index in [-0.39, 0.29) is 10.9 Å². The first-order valence-corrected chi connectivity index (χ1v) is 7.54. The van der Waals surface area contributed by atoms with E-state index in [1.165, 1.54) is 0 Å². The SMILES string of the molecule is CC(CS)NS(=O)(=O)c1ccc(I)cc1. The van der Waals surface area contributed by atoms with Crippen LogP contribution in [-0.4, -0.2) is 20.2 Å². The van der Waals surface area contributed by atoms with Crippen molar-refractivity contribution in [3.05, 3.63) is 27.8 Å². The Morgan fingerprint density at radius 3 is 2.40 bits per heavy atom. The predicted octanol–water partition coefficient (Wildman–Crippen LogP) is 1.89. The Balaban J connectivity index is 2.91. The normalized spacial score (nSPS) is 13.8. The molecule has 1 aromatic rings. The van der Waals surface area contributed by atoms with E-state index < -0.39 is 10.0 Å². The highest BCUT2D eigenvalue weighted by molar-refractivity contribution is 14.1. The van der Waals surface area contributed by atoms with E-state index in [1.807, 2.05) is 0 Å². The lowest BCUT2D eigenvalue weighted by Crippen LogP contribution is -2.33. The fraction of sp³-hybridized carbons (Fsp3) is 0.333. The Morgan fingerprint density at radius 2 is 1.93 bits per heavy atom. The molecule has 1 N–H and O–H groups in total. The van der Waals surface area contributed by atoms with Gasteiger partial charge in [-0.15, -0.1) is 0 Å². The third kappa shape index (κ3) is 3.93.